The predicted molar refractivity (Wildman–Crippen MR) is 102 cm³/mol. The van der Waals surface area contributed by atoms with Gasteiger partial charge in [0, 0.05) is 11.6 Å². The lowest BCUT2D eigenvalue weighted by molar-refractivity contribution is 0.0977. The number of H-pyrrole nitrogens is 1. The number of halogens is 2. The molecule has 6 nitrogen and oxygen atoms in total. The highest BCUT2D eigenvalue weighted by molar-refractivity contribution is 6.09. The van der Waals surface area contributed by atoms with Gasteiger partial charge in [0.2, 0.25) is 5.96 Å². The van der Waals surface area contributed by atoms with Crippen LogP contribution < -0.4 is 10.6 Å². The second-order valence-electron chi connectivity index (χ2n) is 6.47. The first-order valence-corrected chi connectivity index (χ1v) is 8.80. The minimum Gasteiger partial charge on any atom is -0.309 e. The SMILES string of the molecule is O=C(NC(=NC1CC1)Nc1cc(-c2ccc(F)cc2)[nH]n1)c1ccc(F)cc1. The molecule has 1 aliphatic rings. The third-order valence-corrected chi connectivity index (χ3v) is 4.18. The third kappa shape index (κ3) is 4.40. The topological polar surface area (TPSA) is 82.2 Å². The molecule has 0 radical (unpaired) electrons. The molecule has 0 atom stereocenters. The zero-order valence-electron chi connectivity index (χ0n) is 14.7. The quantitative estimate of drug-likeness (QED) is 0.476. The summed E-state index contributed by atoms with van der Waals surface area (Å²) >= 11 is 0. The van der Waals surface area contributed by atoms with Crippen LogP contribution in [0.2, 0.25) is 0 Å². The van der Waals surface area contributed by atoms with Crippen molar-refractivity contribution in [2.45, 2.75) is 18.9 Å². The van der Waals surface area contributed by atoms with Gasteiger partial charge in [-0.1, -0.05) is 0 Å². The van der Waals surface area contributed by atoms with Crippen LogP contribution in [0.1, 0.15) is 23.2 Å². The van der Waals surface area contributed by atoms with Crippen molar-refractivity contribution in [1.29, 1.82) is 0 Å². The van der Waals surface area contributed by atoms with Crippen LogP contribution in [0.15, 0.2) is 59.6 Å². The summed E-state index contributed by atoms with van der Waals surface area (Å²) in [6, 6.07) is 13.2. The van der Waals surface area contributed by atoms with Crippen molar-refractivity contribution < 1.29 is 13.6 Å². The van der Waals surface area contributed by atoms with Crippen molar-refractivity contribution in [1.82, 2.24) is 15.5 Å². The monoisotopic (exact) mass is 381 g/mol. The Bertz CT molecular complexity index is 1010. The molecule has 28 heavy (non-hydrogen) atoms. The number of hydrogen-bond donors (Lipinski definition) is 3. The highest BCUT2D eigenvalue weighted by atomic mass is 19.1. The van der Waals surface area contributed by atoms with Gasteiger partial charge in [-0.3, -0.25) is 15.2 Å². The number of nitrogens with one attached hydrogen (secondary N) is 3. The fourth-order valence-corrected chi connectivity index (χ4v) is 2.55. The molecule has 142 valence electrons. The number of carbonyl (C=O) groups is 1. The maximum absolute atomic E-state index is 13.1. The van der Waals surface area contributed by atoms with E-state index >= 15 is 0 Å². The van der Waals surface area contributed by atoms with E-state index in [2.05, 4.69) is 25.8 Å². The number of hydrogen-bond acceptors (Lipinski definition) is 3. The van der Waals surface area contributed by atoms with Crippen LogP contribution in [0, 0.1) is 11.6 Å². The molecule has 1 aromatic heterocycles. The molecule has 0 spiro atoms. The molecular weight excluding hydrogens is 364 g/mol. The van der Waals surface area contributed by atoms with Crippen LogP contribution in [0.4, 0.5) is 14.6 Å². The minimum absolute atomic E-state index is 0.159. The summed E-state index contributed by atoms with van der Waals surface area (Å²) in [4.78, 5) is 16.9. The van der Waals surface area contributed by atoms with Crippen LogP contribution in [-0.2, 0) is 0 Å². The Hall–Kier alpha value is -3.55. The summed E-state index contributed by atoms with van der Waals surface area (Å²) < 4.78 is 26.1. The molecular formula is C20H17F2N5O. The highest BCUT2D eigenvalue weighted by Crippen LogP contribution is 2.24. The predicted octanol–water partition coefficient (Wildman–Crippen LogP) is 3.72. The maximum atomic E-state index is 13.1. The van der Waals surface area contributed by atoms with Gasteiger partial charge in [0.25, 0.3) is 5.91 Å². The Morgan fingerprint density at radius 2 is 1.68 bits per heavy atom. The van der Waals surface area contributed by atoms with Crippen molar-refractivity contribution in [3.05, 3.63) is 71.8 Å². The summed E-state index contributed by atoms with van der Waals surface area (Å²) in [5.41, 5.74) is 1.79. The molecule has 3 aromatic rings. The molecule has 1 aliphatic carbocycles. The smallest absolute Gasteiger partial charge is 0.257 e. The number of nitrogens with zero attached hydrogens (tertiary/aromatic N) is 2. The van der Waals surface area contributed by atoms with Crippen molar-refractivity contribution >= 4 is 17.7 Å². The van der Waals surface area contributed by atoms with E-state index in [1.54, 1.807) is 18.2 Å². The van der Waals surface area contributed by atoms with Gasteiger partial charge in [0.1, 0.15) is 11.6 Å². The summed E-state index contributed by atoms with van der Waals surface area (Å²) in [5.74, 6) is -0.399. The first-order valence-electron chi connectivity index (χ1n) is 8.80. The van der Waals surface area contributed by atoms with Crippen LogP contribution >= 0.6 is 0 Å². The normalized spacial score (nSPS) is 14.0. The second kappa shape index (κ2) is 7.59. The lowest BCUT2D eigenvalue weighted by Gasteiger charge is -2.09. The maximum Gasteiger partial charge on any atom is 0.257 e. The van der Waals surface area contributed by atoms with E-state index in [4.69, 9.17) is 0 Å². The molecule has 0 bridgehead atoms. The summed E-state index contributed by atoms with van der Waals surface area (Å²) in [7, 11) is 0. The number of benzene rings is 2. The summed E-state index contributed by atoms with van der Waals surface area (Å²) in [5, 5.41) is 12.7. The largest absolute Gasteiger partial charge is 0.309 e. The van der Waals surface area contributed by atoms with Crippen molar-refractivity contribution in [2.75, 3.05) is 5.32 Å². The van der Waals surface area contributed by atoms with Gasteiger partial charge in [-0.25, -0.2) is 13.8 Å². The summed E-state index contributed by atoms with van der Waals surface area (Å²) in [6.45, 7) is 0. The van der Waals surface area contributed by atoms with Gasteiger partial charge in [0.15, 0.2) is 5.82 Å². The molecule has 8 heteroatoms. The van der Waals surface area contributed by atoms with E-state index in [0.29, 0.717) is 17.1 Å². The molecule has 1 saturated carbocycles. The Morgan fingerprint density at radius 3 is 2.32 bits per heavy atom. The number of aromatic nitrogens is 2. The van der Waals surface area contributed by atoms with E-state index in [9.17, 15) is 13.6 Å². The van der Waals surface area contributed by atoms with Crippen molar-refractivity contribution in [3.8, 4) is 11.3 Å². The van der Waals surface area contributed by atoms with Crippen LogP contribution in [-0.4, -0.2) is 28.1 Å². The highest BCUT2D eigenvalue weighted by Gasteiger charge is 2.22. The third-order valence-electron chi connectivity index (χ3n) is 4.18. The molecule has 1 heterocycles. The lowest BCUT2D eigenvalue weighted by atomic mass is 10.1. The fraction of sp³-hybridized carbons (Fsp3) is 0.150. The zero-order valence-corrected chi connectivity index (χ0v) is 14.7. The first kappa shape index (κ1) is 17.8. The molecule has 4 rings (SSSR count). The van der Waals surface area contributed by atoms with E-state index < -0.39 is 11.7 Å². The molecule has 1 fully saturated rings. The Labute approximate surface area is 159 Å². The number of rotatable bonds is 4. The Morgan fingerprint density at radius 1 is 1.04 bits per heavy atom. The molecule has 0 aliphatic heterocycles. The van der Waals surface area contributed by atoms with Gasteiger partial charge in [-0.05, 0) is 66.9 Å². The van der Waals surface area contributed by atoms with Crippen LogP contribution in [0.3, 0.4) is 0 Å². The van der Waals surface area contributed by atoms with Crippen LogP contribution in [0.25, 0.3) is 11.3 Å². The molecule has 2 aromatic carbocycles. The molecule has 1 amide bonds. The van der Waals surface area contributed by atoms with E-state index in [1.807, 2.05) is 0 Å². The number of anilines is 1. The van der Waals surface area contributed by atoms with Gasteiger partial charge in [-0.15, -0.1) is 0 Å². The lowest BCUT2D eigenvalue weighted by Crippen LogP contribution is -2.36. The van der Waals surface area contributed by atoms with Crippen molar-refractivity contribution in [3.63, 3.8) is 0 Å². The molecule has 0 saturated heterocycles. The zero-order chi connectivity index (χ0) is 19.5. The van der Waals surface area contributed by atoms with Gasteiger partial charge < -0.3 is 5.32 Å². The second-order valence-corrected chi connectivity index (χ2v) is 6.47. The number of aliphatic imine (C=N–C) groups is 1. The number of guanidine groups is 1. The van der Waals surface area contributed by atoms with Gasteiger partial charge >= 0.3 is 0 Å². The fourth-order valence-electron chi connectivity index (χ4n) is 2.55. The number of aromatic amines is 1. The average Bonchev–Trinajstić information content (AvgIpc) is 3.38. The van der Waals surface area contributed by atoms with Gasteiger partial charge in [-0.2, -0.15) is 5.10 Å². The summed E-state index contributed by atoms with van der Waals surface area (Å²) in [6.07, 6.45) is 1.91. The standard InChI is InChI=1S/C20H17F2N5O/c21-14-5-1-12(2-6-14)17-11-18(27-26-17)24-20(23-16-9-10-16)25-19(28)13-3-7-15(22)8-4-13/h1-8,11,16H,9-10H2,(H3,23,24,25,26,27,28). The Balaban J connectivity index is 1.49. The van der Waals surface area contributed by atoms with E-state index in [-0.39, 0.29) is 17.8 Å². The van der Waals surface area contributed by atoms with E-state index in [0.717, 1.165) is 18.4 Å². The average molecular weight is 381 g/mol. The van der Waals surface area contributed by atoms with E-state index in [1.165, 1.54) is 36.4 Å². The first-order chi connectivity index (χ1) is 13.6. The Kier molecular flexibility index (Phi) is 4.84. The molecule has 0 unspecified atom stereocenters. The van der Waals surface area contributed by atoms with Gasteiger partial charge in [0.05, 0.1) is 11.7 Å². The van der Waals surface area contributed by atoms with Crippen LogP contribution in [0.5, 0.6) is 0 Å². The minimum atomic E-state index is -0.411. The number of amides is 1. The molecule has 3 N–H and O–H groups in total. The number of carbonyl (C=O) groups excluding carboxylic acids is 1. The van der Waals surface area contributed by atoms with Crippen molar-refractivity contribution in [2.24, 2.45) is 4.99 Å².